The highest BCUT2D eigenvalue weighted by atomic mass is 28.4. The van der Waals surface area contributed by atoms with Crippen molar-refractivity contribution in [3.8, 4) is 0 Å². The maximum atomic E-state index is 16.4. The number of hydrogen-bond acceptors (Lipinski definition) is 3. The molecule has 294 valence electrons. The first-order chi connectivity index (χ1) is 25.0. The molecule has 0 fully saturated rings. The Labute approximate surface area is 290 Å². The lowest BCUT2D eigenvalue weighted by Crippen LogP contribution is -2.63. The van der Waals surface area contributed by atoms with E-state index in [0.29, 0.717) is 21.3 Å². The first kappa shape index (κ1) is 42.5. The van der Waals surface area contributed by atoms with E-state index in [1.54, 1.807) is 0 Å². The first-order valence-corrected chi connectivity index (χ1v) is 16.0. The van der Waals surface area contributed by atoms with Crippen molar-refractivity contribution < 1.29 is 96.7 Å². The number of halogens is 19. The summed E-state index contributed by atoms with van der Waals surface area (Å²) < 4.78 is 299. The van der Waals surface area contributed by atoms with Gasteiger partial charge in [-0.25, -0.2) is 83.4 Å². The number of benzene rings is 4. The minimum absolute atomic E-state index is 0.603. The fourth-order valence-electron chi connectivity index (χ4n) is 6.19. The van der Waals surface area contributed by atoms with Crippen LogP contribution in [-0.4, -0.2) is 36.3 Å². The van der Waals surface area contributed by atoms with Gasteiger partial charge in [0.15, 0.2) is 81.4 Å². The normalized spacial score (nSPS) is 12.3. The third-order valence-electron chi connectivity index (χ3n) is 8.71. The molecule has 0 aliphatic rings. The van der Waals surface area contributed by atoms with E-state index in [1.807, 2.05) is 0 Å². The zero-order chi connectivity index (χ0) is 41.1. The molecule has 0 aliphatic carbocycles. The second-order valence-corrected chi connectivity index (χ2v) is 14.3. The molecule has 4 rings (SSSR count). The van der Waals surface area contributed by atoms with Crippen LogP contribution in [0, 0.1) is 111 Å². The molecule has 0 heterocycles. The summed E-state index contributed by atoms with van der Waals surface area (Å²) in [6.07, 6.45) is -13.1. The third-order valence-corrected chi connectivity index (χ3v) is 11.4. The molecule has 0 N–H and O–H groups in total. The Kier molecular flexibility index (Phi) is 11.9. The summed E-state index contributed by atoms with van der Waals surface area (Å²) in [5.41, 5.74) is -9.75. The van der Waals surface area contributed by atoms with E-state index in [9.17, 15) is 39.5 Å². The minimum Gasteiger partial charge on any atom is -0.373 e. The van der Waals surface area contributed by atoms with Gasteiger partial charge in [0.25, 0.3) is 0 Å². The van der Waals surface area contributed by atoms with E-state index in [-0.39, 0.29) is 0 Å². The SMILES string of the molecule is CO[Si](OC)(OC)c1c(F)c(F)c([B-](Cc2c(F)c(F)c(F)c(F)c2F)(Cc2c(F)c(F)c(F)c(F)c2F)Cc2c(F)c(F)c(F)c(F)c2F)c(F)c1F. The molecule has 0 unspecified atom stereocenters. The van der Waals surface area contributed by atoms with Crippen LogP contribution in [0.5, 0.6) is 0 Å². The van der Waals surface area contributed by atoms with Gasteiger partial charge in [-0.3, -0.25) is 0 Å². The van der Waals surface area contributed by atoms with Gasteiger partial charge in [-0.2, -0.15) is 0 Å². The molecule has 0 radical (unpaired) electrons. The quantitative estimate of drug-likeness (QED) is 0.0683. The number of hydrogen-bond donors (Lipinski definition) is 0. The van der Waals surface area contributed by atoms with Crippen molar-refractivity contribution in [1.29, 1.82) is 0 Å². The van der Waals surface area contributed by atoms with Crippen molar-refractivity contribution in [2.24, 2.45) is 0 Å². The van der Waals surface area contributed by atoms with Gasteiger partial charge in [0, 0.05) is 27.5 Å². The maximum Gasteiger partial charge on any atom is 0.542 e. The standard InChI is InChI=1S/C30H15BF19O3Si/c1-51-54(52-2,53-3)30-28(49)17(38)10(18(39)29(30)50)31(4-7-11(32)19(40)25(46)20(41)12(7)33,5-8-13(34)21(42)26(47)22(43)14(8)35)6-9-15(36)23(44)27(48)24(45)16(9)37/h4-6H2,1-3H3/q-1. The fourth-order valence-corrected chi connectivity index (χ4v) is 8.06. The Morgan fingerprint density at radius 2 is 0.519 bits per heavy atom. The molecule has 24 heteroatoms. The average molecular weight is 823 g/mol. The van der Waals surface area contributed by atoms with Crippen molar-refractivity contribution in [1.82, 2.24) is 0 Å². The van der Waals surface area contributed by atoms with Crippen LogP contribution in [0.1, 0.15) is 16.7 Å². The molecule has 0 amide bonds. The van der Waals surface area contributed by atoms with Crippen LogP contribution in [0.2, 0.25) is 0 Å². The lowest BCUT2D eigenvalue weighted by Gasteiger charge is -2.42. The molecule has 3 nitrogen and oxygen atoms in total. The predicted molar refractivity (Wildman–Crippen MR) is 148 cm³/mol. The van der Waals surface area contributed by atoms with Gasteiger partial charge in [0.2, 0.25) is 17.5 Å². The molecule has 0 atom stereocenters. The highest BCUT2D eigenvalue weighted by Gasteiger charge is 2.50. The smallest absolute Gasteiger partial charge is 0.373 e. The summed E-state index contributed by atoms with van der Waals surface area (Å²) in [6, 6.07) is 0. The molecule has 0 bridgehead atoms. The van der Waals surface area contributed by atoms with Gasteiger partial charge < -0.3 is 13.3 Å². The maximum absolute atomic E-state index is 16.4. The van der Waals surface area contributed by atoms with E-state index in [4.69, 9.17) is 13.3 Å². The van der Waals surface area contributed by atoms with Crippen molar-refractivity contribution in [2.75, 3.05) is 21.3 Å². The third kappa shape index (κ3) is 6.38. The molecular formula is C30H15BF19O3Si-. The molecule has 0 saturated heterocycles. The topological polar surface area (TPSA) is 27.7 Å². The van der Waals surface area contributed by atoms with E-state index in [2.05, 4.69) is 0 Å². The summed E-state index contributed by atoms with van der Waals surface area (Å²) in [5.74, 6) is -55.8. The summed E-state index contributed by atoms with van der Waals surface area (Å²) in [5, 5.41) is -1.93. The highest BCUT2D eigenvalue weighted by molar-refractivity contribution is 6.90. The molecule has 0 spiro atoms. The lowest BCUT2D eigenvalue weighted by atomic mass is 9.15. The van der Waals surface area contributed by atoms with Gasteiger partial charge >= 0.3 is 8.80 Å². The van der Waals surface area contributed by atoms with E-state index in [1.165, 1.54) is 0 Å². The highest BCUT2D eigenvalue weighted by Crippen LogP contribution is 2.36. The second-order valence-electron chi connectivity index (χ2n) is 11.4. The van der Waals surface area contributed by atoms with Crippen LogP contribution in [0.15, 0.2) is 0 Å². The molecule has 0 aliphatic heterocycles. The van der Waals surface area contributed by atoms with Crippen molar-refractivity contribution in [3.05, 3.63) is 127 Å². The predicted octanol–water partition coefficient (Wildman–Crippen LogP) is 7.42. The van der Waals surface area contributed by atoms with Crippen LogP contribution in [0.25, 0.3) is 0 Å². The zero-order valence-corrected chi connectivity index (χ0v) is 27.6. The van der Waals surface area contributed by atoms with Gasteiger partial charge in [-0.05, 0) is 16.7 Å². The van der Waals surface area contributed by atoms with Crippen molar-refractivity contribution in [2.45, 2.75) is 19.0 Å². The van der Waals surface area contributed by atoms with Gasteiger partial charge in [-0.15, -0.1) is 24.4 Å². The lowest BCUT2D eigenvalue weighted by molar-refractivity contribution is 0.138. The Hall–Kier alpha value is -4.29. The molecular weight excluding hydrogens is 808 g/mol. The molecule has 4 aromatic carbocycles. The van der Waals surface area contributed by atoms with Crippen LogP contribution >= 0.6 is 0 Å². The van der Waals surface area contributed by atoms with Gasteiger partial charge in [-0.1, -0.05) is 0 Å². The Balaban J connectivity index is 2.36. The summed E-state index contributed by atoms with van der Waals surface area (Å²) in [4.78, 5) is 0. The molecule has 0 aromatic heterocycles. The average Bonchev–Trinajstić information content (AvgIpc) is 3.16. The fraction of sp³-hybridized carbons (Fsp3) is 0.200. The molecule has 4 aromatic rings. The summed E-state index contributed by atoms with van der Waals surface area (Å²) in [7, 11) is -3.36. The monoisotopic (exact) mass is 823 g/mol. The second kappa shape index (κ2) is 15.1. The largest absolute Gasteiger partial charge is 0.542 e. The van der Waals surface area contributed by atoms with Crippen molar-refractivity contribution >= 4 is 25.6 Å². The summed E-state index contributed by atoms with van der Waals surface area (Å²) >= 11 is 0. The van der Waals surface area contributed by atoms with E-state index in [0.717, 1.165) is 0 Å². The van der Waals surface area contributed by atoms with Gasteiger partial charge in [0.05, 0.1) is 5.19 Å². The van der Waals surface area contributed by atoms with Crippen LogP contribution < -0.4 is 10.6 Å². The van der Waals surface area contributed by atoms with Crippen LogP contribution in [0.4, 0.5) is 83.4 Å². The minimum atomic E-state index is -5.39. The number of rotatable bonds is 11. The van der Waals surface area contributed by atoms with Gasteiger partial charge in [0.1, 0.15) is 11.6 Å². The van der Waals surface area contributed by atoms with Crippen molar-refractivity contribution in [3.63, 3.8) is 0 Å². The molecule has 0 saturated carbocycles. The Morgan fingerprint density at radius 3 is 0.722 bits per heavy atom. The molecule has 54 heavy (non-hydrogen) atoms. The van der Waals surface area contributed by atoms with E-state index >= 15 is 43.9 Å². The summed E-state index contributed by atoms with van der Waals surface area (Å²) in [6.45, 7) is 0. The van der Waals surface area contributed by atoms with Crippen LogP contribution in [-0.2, 0) is 32.2 Å². The first-order valence-electron chi connectivity index (χ1n) is 14.3. The Morgan fingerprint density at radius 1 is 0.315 bits per heavy atom. The Bertz CT molecular complexity index is 1900. The van der Waals surface area contributed by atoms with Crippen LogP contribution in [0.3, 0.4) is 0 Å². The van der Waals surface area contributed by atoms with E-state index < -0.39 is 172 Å². The zero-order valence-electron chi connectivity index (χ0n) is 26.6.